The molecule has 13 heavy (non-hydrogen) atoms. The van der Waals surface area contributed by atoms with Crippen LogP contribution in [0.3, 0.4) is 0 Å². The predicted octanol–water partition coefficient (Wildman–Crippen LogP) is 0.852. The minimum Gasteiger partial charge on any atom is -0.394 e. The fourth-order valence-corrected chi connectivity index (χ4v) is 1.35. The van der Waals surface area contributed by atoms with Crippen molar-refractivity contribution >= 4 is 0 Å². The molecule has 2 N–H and O–H groups in total. The zero-order valence-corrected chi connectivity index (χ0v) is 8.87. The van der Waals surface area contributed by atoms with Gasteiger partial charge in [0.2, 0.25) is 0 Å². The predicted molar refractivity (Wildman–Crippen MR) is 54.7 cm³/mol. The lowest BCUT2D eigenvalue weighted by atomic mass is 10.1. The average Bonchev–Trinajstić information content (AvgIpc) is 2.18. The Hall–Kier alpha value is -0.120. The number of hydrogen-bond acceptors (Lipinski definition) is 3. The molecule has 0 radical (unpaired) electrons. The van der Waals surface area contributed by atoms with Gasteiger partial charge in [-0.3, -0.25) is 0 Å². The van der Waals surface area contributed by atoms with Gasteiger partial charge in [0.1, 0.15) is 0 Å². The van der Waals surface area contributed by atoms with Crippen molar-refractivity contribution < 1.29 is 10.2 Å². The molecule has 0 aliphatic rings. The summed E-state index contributed by atoms with van der Waals surface area (Å²) < 4.78 is 0. The lowest BCUT2D eigenvalue weighted by molar-refractivity contribution is 0.0853. The number of unbranched alkanes of at least 4 members (excludes halogenated alkanes) is 1. The maximum absolute atomic E-state index is 9.07. The lowest BCUT2D eigenvalue weighted by Gasteiger charge is -2.17. The molecule has 3 heteroatoms. The van der Waals surface area contributed by atoms with E-state index >= 15 is 0 Å². The van der Waals surface area contributed by atoms with Gasteiger partial charge in [-0.1, -0.05) is 13.8 Å². The second kappa shape index (κ2) is 8.48. The molecule has 0 aromatic carbocycles. The van der Waals surface area contributed by atoms with Crippen molar-refractivity contribution in [3.63, 3.8) is 0 Å². The molecule has 0 saturated heterocycles. The molecule has 0 amide bonds. The summed E-state index contributed by atoms with van der Waals surface area (Å²) in [5.41, 5.74) is 0. The van der Waals surface area contributed by atoms with Crippen LogP contribution in [0.2, 0.25) is 0 Å². The zero-order valence-electron chi connectivity index (χ0n) is 8.87. The van der Waals surface area contributed by atoms with Crippen molar-refractivity contribution in [2.75, 3.05) is 26.2 Å². The molecule has 0 fully saturated rings. The normalized spacial score (nSPS) is 13.6. The Morgan fingerprint density at radius 1 is 1.15 bits per heavy atom. The van der Waals surface area contributed by atoms with Crippen LogP contribution >= 0.6 is 0 Å². The van der Waals surface area contributed by atoms with Crippen LogP contribution in [-0.2, 0) is 0 Å². The Bertz CT molecular complexity index is 105. The molecular weight excluding hydrogens is 166 g/mol. The fourth-order valence-electron chi connectivity index (χ4n) is 1.35. The summed E-state index contributed by atoms with van der Waals surface area (Å²) in [7, 11) is 0. The topological polar surface area (TPSA) is 43.7 Å². The van der Waals surface area contributed by atoms with Gasteiger partial charge in [-0.25, -0.2) is 0 Å². The van der Waals surface area contributed by atoms with E-state index in [0.29, 0.717) is 0 Å². The molecule has 0 aromatic rings. The van der Waals surface area contributed by atoms with Gasteiger partial charge in [0.15, 0.2) is 0 Å². The van der Waals surface area contributed by atoms with Gasteiger partial charge >= 0.3 is 0 Å². The largest absolute Gasteiger partial charge is 0.394 e. The van der Waals surface area contributed by atoms with E-state index < -0.39 is 6.10 Å². The molecule has 0 aliphatic carbocycles. The molecule has 0 saturated carbocycles. The van der Waals surface area contributed by atoms with Crippen molar-refractivity contribution in [2.24, 2.45) is 0 Å². The van der Waals surface area contributed by atoms with E-state index in [4.69, 9.17) is 10.2 Å². The number of aliphatic hydroxyl groups excluding tert-OH is 2. The lowest BCUT2D eigenvalue weighted by Crippen LogP contribution is -2.24. The highest BCUT2D eigenvalue weighted by atomic mass is 16.3. The van der Waals surface area contributed by atoms with Gasteiger partial charge in [0.25, 0.3) is 0 Å². The Morgan fingerprint density at radius 2 is 1.77 bits per heavy atom. The molecule has 1 atom stereocenters. The average molecular weight is 189 g/mol. The van der Waals surface area contributed by atoms with Crippen molar-refractivity contribution in [2.45, 2.75) is 39.2 Å². The Labute approximate surface area is 81.4 Å². The van der Waals surface area contributed by atoms with Crippen LogP contribution in [0.5, 0.6) is 0 Å². The number of nitrogens with zero attached hydrogens (tertiary/aromatic N) is 1. The van der Waals surface area contributed by atoms with Gasteiger partial charge in [0.05, 0.1) is 12.7 Å². The van der Waals surface area contributed by atoms with Crippen molar-refractivity contribution in [3.05, 3.63) is 0 Å². The summed E-state index contributed by atoms with van der Waals surface area (Å²) in [5.74, 6) is 0. The standard InChI is InChI=1S/C10H23NO2/c1-3-11(4-2)8-6-5-7-10(13)9-12/h10,12-13H,3-9H2,1-2H3. The molecule has 1 unspecified atom stereocenters. The van der Waals surface area contributed by atoms with Crippen molar-refractivity contribution in [1.29, 1.82) is 0 Å². The minimum absolute atomic E-state index is 0.106. The molecular formula is C10H23NO2. The van der Waals surface area contributed by atoms with Gasteiger partial charge in [-0.05, 0) is 38.9 Å². The van der Waals surface area contributed by atoms with E-state index in [1.807, 2.05) is 0 Å². The van der Waals surface area contributed by atoms with Crippen LogP contribution in [0.25, 0.3) is 0 Å². The first kappa shape index (κ1) is 12.9. The molecule has 0 bridgehead atoms. The summed E-state index contributed by atoms with van der Waals surface area (Å²) >= 11 is 0. The van der Waals surface area contributed by atoms with Crippen molar-refractivity contribution in [3.8, 4) is 0 Å². The van der Waals surface area contributed by atoms with E-state index in [-0.39, 0.29) is 6.61 Å². The SMILES string of the molecule is CCN(CC)CCCCC(O)CO. The first-order valence-corrected chi connectivity index (χ1v) is 5.25. The number of rotatable bonds is 8. The van der Waals surface area contributed by atoms with Crippen molar-refractivity contribution in [1.82, 2.24) is 4.90 Å². The molecule has 0 heterocycles. The van der Waals surface area contributed by atoms with Crippen LogP contribution in [0.4, 0.5) is 0 Å². The van der Waals surface area contributed by atoms with Crippen LogP contribution in [-0.4, -0.2) is 47.5 Å². The van der Waals surface area contributed by atoms with Crippen LogP contribution in [0.1, 0.15) is 33.1 Å². The first-order chi connectivity index (χ1) is 6.24. The third-order valence-corrected chi connectivity index (χ3v) is 2.37. The Kier molecular flexibility index (Phi) is 8.40. The first-order valence-electron chi connectivity index (χ1n) is 5.25. The molecule has 3 nitrogen and oxygen atoms in total. The number of aliphatic hydroxyl groups is 2. The second-order valence-corrected chi connectivity index (χ2v) is 3.36. The van der Waals surface area contributed by atoms with Crippen LogP contribution in [0.15, 0.2) is 0 Å². The molecule has 80 valence electrons. The molecule has 0 aliphatic heterocycles. The van der Waals surface area contributed by atoms with E-state index in [2.05, 4.69) is 18.7 Å². The van der Waals surface area contributed by atoms with Gasteiger partial charge in [-0.15, -0.1) is 0 Å². The Morgan fingerprint density at radius 3 is 2.23 bits per heavy atom. The molecule has 0 spiro atoms. The smallest absolute Gasteiger partial charge is 0.0770 e. The summed E-state index contributed by atoms with van der Waals surface area (Å²) in [4.78, 5) is 2.37. The van der Waals surface area contributed by atoms with Gasteiger partial charge in [-0.2, -0.15) is 0 Å². The van der Waals surface area contributed by atoms with E-state index in [9.17, 15) is 0 Å². The quantitative estimate of drug-likeness (QED) is 0.556. The fraction of sp³-hybridized carbons (Fsp3) is 1.00. The van der Waals surface area contributed by atoms with Gasteiger partial charge in [0, 0.05) is 0 Å². The maximum Gasteiger partial charge on any atom is 0.0770 e. The highest BCUT2D eigenvalue weighted by Gasteiger charge is 2.02. The highest BCUT2D eigenvalue weighted by Crippen LogP contribution is 2.01. The number of hydrogen-bond donors (Lipinski definition) is 2. The third kappa shape index (κ3) is 6.99. The molecule has 0 aromatic heterocycles. The summed E-state index contributed by atoms with van der Waals surface area (Å²) in [6, 6.07) is 0. The summed E-state index contributed by atoms with van der Waals surface area (Å²) in [6.07, 6.45) is 2.31. The van der Waals surface area contributed by atoms with Crippen LogP contribution < -0.4 is 0 Å². The second-order valence-electron chi connectivity index (χ2n) is 3.36. The minimum atomic E-state index is -0.517. The van der Waals surface area contributed by atoms with Gasteiger partial charge < -0.3 is 15.1 Å². The van der Waals surface area contributed by atoms with E-state index in [0.717, 1.165) is 38.9 Å². The van der Waals surface area contributed by atoms with E-state index in [1.54, 1.807) is 0 Å². The summed E-state index contributed by atoms with van der Waals surface area (Å²) in [5, 5.41) is 17.6. The molecule has 0 rings (SSSR count). The highest BCUT2D eigenvalue weighted by molar-refractivity contribution is 4.56. The van der Waals surface area contributed by atoms with E-state index in [1.165, 1.54) is 0 Å². The monoisotopic (exact) mass is 189 g/mol. The van der Waals surface area contributed by atoms with Crippen LogP contribution in [0, 0.1) is 0 Å². The summed E-state index contributed by atoms with van der Waals surface area (Å²) in [6.45, 7) is 7.51. The Balaban J connectivity index is 3.23. The zero-order chi connectivity index (χ0) is 10.1. The third-order valence-electron chi connectivity index (χ3n) is 2.37. The maximum atomic E-state index is 9.07.